The molecule has 0 fully saturated rings. The van der Waals surface area contributed by atoms with Gasteiger partial charge < -0.3 is 11.1 Å². The maximum Gasteiger partial charge on any atom is 0.274 e. The molecule has 3 N–H and O–H groups in total. The van der Waals surface area contributed by atoms with Crippen LogP contribution in [0, 0.1) is 17.1 Å². The molecule has 1 aliphatic rings. The molecule has 6 nitrogen and oxygen atoms in total. The van der Waals surface area contributed by atoms with Gasteiger partial charge in [0.2, 0.25) is 0 Å². The van der Waals surface area contributed by atoms with Crippen LogP contribution < -0.4 is 11.1 Å². The van der Waals surface area contributed by atoms with Gasteiger partial charge in [-0.2, -0.15) is 5.26 Å². The van der Waals surface area contributed by atoms with Gasteiger partial charge in [0.1, 0.15) is 17.6 Å². The zero-order valence-corrected chi connectivity index (χ0v) is 14.8. The summed E-state index contributed by atoms with van der Waals surface area (Å²) in [7, 11) is 0. The van der Waals surface area contributed by atoms with E-state index in [1.807, 2.05) is 13.0 Å². The van der Waals surface area contributed by atoms with Gasteiger partial charge in [0.15, 0.2) is 5.17 Å². The zero-order valence-electron chi connectivity index (χ0n) is 14.0. The largest absolute Gasteiger partial charge is 0.379 e. The van der Waals surface area contributed by atoms with E-state index in [9.17, 15) is 9.18 Å². The van der Waals surface area contributed by atoms with E-state index in [4.69, 9.17) is 11.0 Å². The Hall–Kier alpha value is -2.92. The topological polar surface area (TPSA) is 104 Å². The Morgan fingerprint density at radius 3 is 2.88 bits per heavy atom. The first kappa shape index (κ1) is 17.9. The van der Waals surface area contributed by atoms with Gasteiger partial charge in [0.05, 0.1) is 11.1 Å². The van der Waals surface area contributed by atoms with Gasteiger partial charge in [-0.05, 0) is 43.7 Å². The van der Waals surface area contributed by atoms with Crippen molar-refractivity contribution in [2.24, 2.45) is 10.7 Å². The summed E-state index contributed by atoms with van der Waals surface area (Å²) in [5.74, 6) is -0.0957. The second kappa shape index (κ2) is 7.14. The van der Waals surface area contributed by atoms with Crippen LogP contribution >= 0.6 is 11.8 Å². The summed E-state index contributed by atoms with van der Waals surface area (Å²) in [5.41, 5.74) is 6.38. The summed E-state index contributed by atoms with van der Waals surface area (Å²) in [6, 6.07) is 9.27. The molecule has 0 aliphatic carbocycles. The minimum Gasteiger partial charge on any atom is -0.379 e. The molecule has 2 aromatic rings. The minimum absolute atomic E-state index is 0.164. The molecular weight excluding hydrogens is 353 g/mol. The van der Waals surface area contributed by atoms with Crippen LogP contribution in [0.4, 0.5) is 10.1 Å². The van der Waals surface area contributed by atoms with Gasteiger partial charge in [-0.15, -0.1) is 0 Å². The van der Waals surface area contributed by atoms with E-state index in [-0.39, 0.29) is 5.69 Å². The van der Waals surface area contributed by atoms with E-state index in [1.54, 1.807) is 6.07 Å². The van der Waals surface area contributed by atoms with Gasteiger partial charge in [0, 0.05) is 23.2 Å². The average molecular weight is 369 g/mol. The fourth-order valence-corrected chi connectivity index (χ4v) is 3.66. The van der Waals surface area contributed by atoms with Crippen LogP contribution in [-0.2, 0) is 5.54 Å². The van der Waals surface area contributed by atoms with Crippen molar-refractivity contribution in [2.45, 2.75) is 18.9 Å². The zero-order chi connectivity index (χ0) is 18.7. The number of thioether (sulfide) groups is 1. The third-order valence-corrected chi connectivity index (χ3v) is 4.92. The van der Waals surface area contributed by atoms with Gasteiger partial charge in [-0.25, -0.2) is 9.37 Å². The van der Waals surface area contributed by atoms with Crippen LogP contribution in [0.3, 0.4) is 0 Å². The van der Waals surface area contributed by atoms with E-state index in [1.165, 1.54) is 42.2 Å². The lowest BCUT2D eigenvalue weighted by Gasteiger charge is -2.30. The van der Waals surface area contributed by atoms with Crippen molar-refractivity contribution in [1.29, 1.82) is 5.26 Å². The number of aromatic nitrogens is 1. The number of carbonyl (C=O) groups excluding carboxylic acids is 1. The Bertz CT molecular complexity index is 922. The number of carbonyl (C=O) groups is 1. The predicted octanol–water partition coefficient (Wildman–Crippen LogP) is 3.01. The highest BCUT2D eigenvalue weighted by atomic mass is 32.2. The van der Waals surface area contributed by atoms with Gasteiger partial charge >= 0.3 is 0 Å². The first-order valence-corrected chi connectivity index (χ1v) is 8.85. The van der Waals surface area contributed by atoms with Crippen LogP contribution in [-0.4, -0.2) is 21.8 Å². The highest BCUT2D eigenvalue weighted by molar-refractivity contribution is 8.13. The number of hydrogen-bond acceptors (Lipinski definition) is 6. The number of amidine groups is 1. The number of anilines is 1. The number of nitriles is 1. The molecule has 1 amide bonds. The number of amides is 1. The fraction of sp³-hybridized carbons (Fsp3) is 0.222. The number of aliphatic imine (C=N–C) groups is 1. The molecule has 0 saturated heterocycles. The third-order valence-electron chi connectivity index (χ3n) is 4.13. The maximum absolute atomic E-state index is 14.4. The molecule has 0 saturated carbocycles. The fourth-order valence-electron chi connectivity index (χ4n) is 2.69. The van der Waals surface area contributed by atoms with Crippen LogP contribution in [0.15, 0.2) is 41.5 Å². The molecule has 0 unspecified atom stereocenters. The second-order valence-electron chi connectivity index (χ2n) is 6.02. The third kappa shape index (κ3) is 3.68. The molecule has 1 aromatic carbocycles. The summed E-state index contributed by atoms with van der Waals surface area (Å²) in [6.45, 7) is 1.83. The predicted molar refractivity (Wildman–Crippen MR) is 99.4 cm³/mol. The summed E-state index contributed by atoms with van der Waals surface area (Å²) < 4.78 is 14.4. The first-order valence-electron chi connectivity index (χ1n) is 7.87. The normalized spacial score (nSPS) is 19.3. The highest BCUT2D eigenvalue weighted by Gasteiger charge is 2.32. The van der Waals surface area contributed by atoms with E-state index in [0.29, 0.717) is 28.4 Å². The van der Waals surface area contributed by atoms with E-state index in [2.05, 4.69) is 15.3 Å². The van der Waals surface area contributed by atoms with Gasteiger partial charge in [-0.3, -0.25) is 9.79 Å². The number of halogens is 1. The quantitative estimate of drug-likeness (QED) is 0.865. The van der Waals surface area contributed by atoms with Crippen LogP contribution in [0.5, 0.6) is 0 Å². The van der Waals surface area contributed by atoms with Crippen molar-refractivity contribution in [2.75, 3.05) is 11.1 Å². The molecule has 0 bridgehead atoms. The highest BCUT2D eigenvalue weighted by Crippen LogP contribution is 2.37. The molecule has 2 heterocycles. The van der Waals surface area contributed by atoms with Crippen LogP contribution in [0.1, 0.15) is 35.0 Å². The lowest BCUT2D eigenvalue weighted by Crippen LogP contribution is -2.29. The molecular formula is C18H16FN5OS. The van der Waals surface area contributed by atoms with Crippen molar-refractivity contribution >= 4 is 28.5 Å². The Balaban J connectivity index is 1.86. The molecule has 1 atom stereocenters. The Morgan fingerprint density at radius 2 is 2.23 bits per heavy atom. The SMILES string of the molecule is C[C@@]1(c2cc(NC(=O)c3ccc(C#N)cn3)ccc2F)CCSC(N)=N1. The van der Waals surface area contributed by atoms with E-state index >= 15 is 0 Å². The van der Waals surface area contributed by atoms with Gasteiger partial charge in [0.25, 0.3) is 5.91 Å². The van der Waals surface area contributed by atoms with E-state index < -0.39 is 17.3 Å². The molecule has 0 spiro atoms. The van der Waals surface area contributed by atoms with Crippen molar-refractivity contribution < 1.29 is 9.18 Å². The molecule has 8 heteroatoms. The van der Waals surface area contributed by atoms with Crippen molar-refractivity contribution in [3.8, 4) is 6.07 Å². The summed E-state index contributed by atoms with van der Waals surface area (Å²) in [5, 5.41) is 11.9. The molecule has 0 radical (unpaired) electrons. The average Bonchev–Trinajstić information content (AvgIpc) is 2.63. The lowest BCUT2D eigenvalue weighted by molar-refractivity contribution is 0.102. The molecule has 3 rings (SSSR count). The number of nitrogens with zero attached hydrogens (tertiary/aromatic N) is 3. The van der Waals surface area contributed by atoms with Crippen LogP contribution in [0.25, 0.3) is 0 Å². The van der Waals surface area contributed by atoms with Gasteiger partial charge in [-0.1, -0.05) is 11.8 Å². The molecule has 26 heavy (non-hydrogen) atoms. The number of benzene rings is 1. The number of nitrogens with two attached hydrogens (primary N) is 1. The first-order chi connectivity index (χ1) is 12.4. The second-order valence-corrected chi connectivity index (χ2v) is 7.13. The monoisotopic (exact) mass is 369 g/mol. The number of rotatable bonds is 3. The molecule has 1 aromatic heterocycles. The Morgan fingerprint density at radius 1 is 1.42 bits per heavy atom. The summed E-state index contributed by atoms with van der Waals surface area (Å²) in [4.78, 5) is 20.7. The summed E-state index contributed by atoms with van der Waals surface area (Å²) >= 11 is 1.44. The lowest BCUT2D eigenvalue weighted by atomic mass is 9.89. The number of nitrogens with one attached hydrogen (secondary N) is 1. The van der Waals surface area contributed by atoms with Crippen molar-refractivity contribution in [1.82, 2.24) is 4.98 Å². The van der Waals surface area contributed by atoms with Crippen molar-refractivity contribution in [3.63, 3.8) is 0 Å². The molecule has 132 valence electrons. The minimum atomic E-state index is -0.771. The van der Waals surface area contributed by atoms with E-state index in [0.717, 1.165) is 5.75 Å². The number of hydrogen-bond donors (Lipinski definition) is 2. The Kier molecular flexibility index (Phi) is 4.91. The smallest absolute Gasteiger partial charge is 0.274 e. The summed E-state index contributed by atoms with van der Waals surface area (Å²) in [6.07, 6.45) is 1.97. The Labute approximate surface area is 154 Å². The van der Waals surface area contributed by atoms with Crippen LogP contribution in [0.2, 0.25) is 0 Å². The standard InChI is InChI=1S/C18H16FN5OS/c1-18(6-7-26-17(21)24-18)13-8-12(3-4-14(13)19)23-16(25)15-5-2-11(9-20)10-22-15/h2-5,8,10H,6-7H2,1H3,(H2,21,24)(H,23,25)/t18-/m0/s1. The van der Waals surface area contributed by atoms with Crippen molar-refractivity contribution in [3.05, 3.63) is 59.2 Å². The molecule has 1 aliphatic heterocycles. The maximum atomic E-state index is 14.4. The number of pyridine rings is 1.